The topological polar surface area (TPSA) is 50.9 Å². The Labute approximate surface area is 283 Å². The highest BCUT2D eigenvalue weighted by atomic mass is 16.3. The molecule has 2 heterocycles. The van der Waals surface area contributed by atoms with Gasteiger partial charge < -0.3 is 5.11 Å². The average Bonchev–Trinajstić information content (AvgIpc) is 3.47. The molecule has 1 N–H and O–H groups in total. The predicted molar refractivity (Wildman–Crippen MR) is 200 cm³/mol. The molecule has 0 spiro atoms. The maximum Gasteiger partial charge on any atom is 0.149 e. The standard InChI is InChI=1S/C44H41N3O/c1-43(2,3)32-27-35(41(48)36(28-32)44(4,5)6)42-46-40-34(30-18-14-19-31(26-30)37-22-12-13-25-45-37)21-15-24-39(40)47(42)38-23-11-10-20-33(38)29-16-8-7-9-17-29/h7-28,48H,1-6H3. The van der Waals surface area contributed by atoms with Gasteiger partial charge in [-0.3, -0.25) is 9.55 Å². The molecule has 0 saturated carbocycles. The maximum atomic E-state index is 12.1. The van der Waals surface area contributed by atoms with Crippen molar-refractivity contribution < 1.29 is 5.11 Å². The number of hydrogen-bond donors (Lipinski definition) is 1. The summed E-state index contributed by atoms with van der Waals surface area (Å²) >= 11 is 0. The fourth-order valence-electron chi connectivity index (χ4n) is 6.48. The SMILES string of the molecule is CC(C)(C)c1cc(-c2nc3c(-c4cccc(-c5ccccn5)c4)cccc3n2-c2ccccc2-c2ccccc2)c(O)c(C(C)(C)C)c1. The first-order valence-corrected chi connectivity index (χ1v) is 16.6. The summed E-state index contributed by atoms with van der Waals surface area (Å²) < 4.78 is 2.23. The van der Waals surface area contributed by atoms with E-state index in [-0.39, 0.29) is 16.6 Å². The minimum atomic E-state index is -0.282. The molecule has 0 radical (unpaired) electrons. The van der Waals surface area contributed by atoms with E-state index in [1.807, 2.05) is 30.5 Å². The lowest BCUT2D eigenvalue weighted by atomic mass is 9.79. The number of imidazole rings is 1. The van der Waals surface area contributed by atoms with Gasteiger partial charge in [-0.2, -0.15) is 0 Å². The van der Waals surface area contributed by atoms with Gasteiger partial charge in [-0.05, 0) is 63.9 Å². The molecule has 0 atom stereocenters. The first kappa shape index (κ1) is 31.1. The predicted octanol–water partition coefficient (Wildman–Crippen LogP) is 11.4. The normalized spacial score (nSPS) is 12.0. The molecule has 4 heteroatoms. The molecule has 4 nitrogen and oxygen atoms in total. The summed E-state index contributed by atoms with van der Waals surface area (Å²) in [5.74, 6) is 0.971. The van der Waals surface area contributed by atoms with Gasteiger partial charge in [0, 0.05) is 28.5 Å². The Hall–Kier alpha value is -5.48. The number of aromatic hydroxyl groups is 1. The second-order valence-corrected chi connectivity index (χ2v) is 14.5. The summed E-state index contributed by atoms with van der Waals surface area (Å²) in [6.45, 7) is 13.1. The van der Waals surface area contributed by atoms with Crippen LogP contribution in [0.4, 0.5) is 0 Å². The van der Waals surface area contributed by atoms with E-state index in [1.165, 1.54) is 0 Å². The van der Waals surface area contributed by atoms with Gasteiger partial charge in [-0.15, -0.1) is 0 Å². The molecule has 48 heavy (non-hydrogen) atoms. The molecule has 0 aliphatic carbocycles. The van der Waals surface area contributed by atoms with Gasteiger partial charge in [0.05, 0.1) is 28.0 Å². The Morgan fingerprint density at radius 3 is 1.96 bits per heavy atom. The van der Waals surface area contributed by atoms with Crippen LogP contribution in [0.15, 0.2) is 134 Å². The van der Waals surface area contributed by atoms with Crippen molar-refractivity contribution in [3.05, 3.63) is 145 Å². The number of pyridine rings is 1. The molecule has 7 aromatic rings. The van der Waals surface area contributed by atoms with Gasteiger partial charge in [0.15, 0.2) is 0 Å². The minimum absolute atomic E-state index is 0.141. The summed E-state index contributed by atoms with van der Waals surface area (Å²) in [4.78, 5) is 10.1. The maximum absolute atomic E-state index is 12.1. The van der Waals surface area contributed by atoms with E-state index in [1.54, 1.807) is 0 Å². The Balaban J connectivity index is 1.57. The van der Waals surface area contributed by atoms with Crippen molar-refractivity contribution in [2.45, 2.75) is 52.4 Å². The van der Waals surface area contributed by atoms with E-state index in [9.17, 15) is 5.11 Å². The van der Waals surface area contributed by atoms with Crippen molar-refractivity contribution in [1.29, 1.82) is 0 Å². The largest absolute Gasteiger partial charge is 0.507 e. The van der Waals surface area contributed by atoms with Gasteiger partial charge >= 0.3 is 0 Å². The summed E-state index contributed by atoms with van der Waals surface area (Å²) in [5.41, 5.74) is 11.4. The van der Waals surface area contributed by atoms with E-state index in [0.717, 1.165) is 66.9 Å². The van der Waals surface area contributed by atoms with E-state index >= 15 is 0 Å². The zero-order valence-corrected chi connectivity index (χ0v) is 28.5. The lowest BCUT2D eigenvalue weighted by Gasteiger charge is -2.27. The number of aromatic nitrogens is 3. The fourth-order valence-corrected chi connectivity index (χ4v) is 6.48. The first-order valence-electron chi connectivity index (χ1n) is 16.6. The van der Waals surface area contributed by atoms with Crippen molar-refractivity contribution in [2.75, 3.05) is 0 Å². The number of benzene rings is 5. The first-order chi connectivity index (χ1) is 23.0. The molecule has 0 saturated heterocycles. The van der Waals surface area contributed by atoms with E-state index in [0.29, 0.717) is 5.82 Å². The van der Waals surface area contributed by atoms with Gasteiger partial charge in [0.1, 0.15) is 11.6 Å². The number of fused-ring (bicyclic) bond motifs is 1. The van der Waals surface area contributed by atoms with Crippen LogP contribution in [0.25, 0.3) is 61.6 Å². The van der Waals surface area contributed by atoms with Crippen molar-refractivity contribution in [2.24, 2.45) is 0 Å². The molecule has 7 rings (SSSR count). The third kappa shape index (κ3) is 5.68. The third-order valence-electron chi connectivity index (χ3n) is 9.07. The third-order valence-corrected chi connectivity index (χ3v) is 9.07. The summed E-state index contributed by atoms with van der Waals surface area (Å²) in [5, 5.41) is 12.1. The molecule has 0 aliphatic rings. The van der Waals surface area contributed by atoms with Crippen LogP contribution in [-0.2, 0) is 10.8 Å². The smallest absolute Gasteiger partial charge is 0.149 e. The lowest BCUT2D eigenvalue weighted by Crippen LogP contribution is -2.17. The highest BCUT2D eigenvalue weighted by molar-refractivity contribution is 5.97. The summed E-state index contributed by atoms with van der Waals surface area (Å²) in [6, 6.07) is 44.1. The van der Waals surface area contributed by atoms with E-state index in [4.69, 9.17) is 4.98 Å². The molecule has 0 bridgehead atoms. The lowest BCUT2D eigenvalue weighted by molar-refractivity contribution is 0.446. The Morgan fingerprint density at radius 1 is 0.562 bits per heavy atom. The van der Waals surface area contributed by atoms with Gasteiger partial charge in [-0.25, -0.2) is 4.98 Å². The van der Waals surface area contributed by atoms with Crippen LogP contribution < -0.4 is 0 Å². The van der Waals surface area contributed by atoms with Crippen molar-refractivity contribution in [1.82, 2.24) is 14.5 Å². The van der Waals surface area contributed by atoms with E-state index in [2.05, 4.69) is 154 Å². The number of hydrogen-bond acceptors (Lipinski definition) is 3. The van der Waals surface area contributed by atoms with Crippen LogP contribution in [0.5, 0.6) is 5.75 Å². The monoisotopic (exact) mass is 627 g/mol. The van der Waals surface area contributed by atoms with Crippen LogP contribution >= 0.6 is 0 Å². The molecule has 2 aromatic heterocycles. The molecular formula is C44H41N3O. The molecule has 0 amide bonds. The van der Waals surface area contributed by atoms with E-state index < -0.39 is 0 Å². The van der Waals surface area contributed by atoms with Gasteiger partial charge in [0.2, 0.25) is 0 Å². The quantitative estimate of drug-likeness (QED) is 0.207. The zero-order valence-electron chi connectivity index (χ0n) is 28.5. The molecule has 0 fully saturated rings. The van der Waals surface area contributed by atoms with Crippen LogP contribution in [0.3, 0.4) is 0 Å². The number of nitrogens with zero attached hydrogens (tertiary/aromatic N) is 3. The highest BCUT2D eigenvalue weighted by Gasteiger charge is 2.29. The average molecular weight is 628 g/mol. The van der Waals surface area contributed by atoms with Crippen LogP contribution in [0, 0.1) is 0 Å². The van der Waals surface area contributed by atoms with Crippen molar-refractivity contribution in [3.63, 3.8) is 0 Å². The summed E-state index contributed by atoms with van der Waals surface area (Å²) in [7, 11) is 0. The zero-order chi connectivity index (χ0) is 33.6. The number of phenols is 1. The summed E-state index contributed by atoms with van der Waals surface area (Å²) in [6.07, 6.45) is 1.82. The van der Waals surface area contributed by atoms with Crippen LogP contribution in [0.1, 0.15) is 52.7 Å². The Bertz CT molecular complexity index is 2250. The molecule has 0 aliphatic heterocycles. The Morgan fingerprint density at radius 2 is 1.23 bits per heavy atom. The molecule has 5 aromatic carbocycles. The van der Waals surface area contributed by atoms with Gasteiger partial charge in [-0.1, -0.05) is 133 Å². The van der Waals surface area contributed by atoms with Crippen molar-refractivity contribution in [3.8, 4) is 56.3 Å². The van der Waals surface area contributed by atoms with Gasteiger partial charge in [0.25, 0.3) is 0 Å². The van der Waals surface area contributed by atoms with Crippen LogP contribution in [-0.4, -0.2) is 19.6 Å². The molecule has 238 valence electrons. The number of phenolic OH excluding ortho intramolecular Hbond substituents is 1. The highest BCUT2D eigenvalue weighted by Crippen LogP contribution is 2.45. The number of rotatable bonds is 5. The minimum Gasteiger partial charge on any atom is -0.507 e. The second kappa shape index (κ2) is 12.0. The fraction of sp³-hybridized carbons (Fsp3) is 0.182. The second-order valence-electron chi connectivity index (χ2n) is 14.5. The van der Waals surface area contributed by atoms with Crippen LogP contribution in [0.2, 0.25) is 0 Å². The van der Waals surface area contributed by atoms with Crippen molar-refractivity contribution >= 4 is 11.0 Å². The number of para-hydroxylation sites is 2. The Kier molecular flexibility index (Phi) is 7.75. The molecule has 0 unspecified atom stereocenters. The molecular weight excluding hydrogens is 587 g/mol.